The Morgan fingerprint density at radius 1 is 1.31 bits per heavy atom. The first-order valence-corrected chi connectivity index (χ1v) is 4.06. The largest absolute Gasteiger partial charge is 0.330 e. The first-order chi connectivity index (χ1) is 6.36. The SMILES string of the molecule is N#Cc1cccc(C#CCCN)c1. The van der Waals surface area contributed by atoms with Crippen molar-refractivity contribution in [2.45, 2.75) is 6.42 Å². The van der Waals surface area contributed by atoms with Crippen LogP contribution < -0.4 is 5.73 Å². The molecule has 0 spiro atoms. The third-order valence-electron chi connectivity index (χ3n) is 1.49. The van der Waals surface area contributed by atoms with Crippen molar-refractivity contribution >= 4 is 0 Å². The fraction of sp³-hybridized carbons (Fsp3) is 0.182. The van der Waals surface area contributed by atoms with Gasteiger partial charge in [-0.2, -0.15) is 5.26 Å². The topological polar surface area (TPSA) is 49.8 Å². The molecule has 64 valence electrons. The highest BCUT2D eigenvalue weighted by atomic mass is 14.5. The van der Waals surface area contributed by atoms with Gasteiger partial charge in [-0.05, 0) is 18.2 Å². The summed E-state index contributed by atoms with van der Waals surface area (Å²) in [5, 5.41) is 8.62. The van der Waals surface area contributed by atoms with Gasteiger partial charge in [-0.1, -0.05) is 17.9 Å². The maximum absolute atomic E-state index is 8.62. The number of hydrogen-bond acceptors (Lipinski definition) is 2. The average Bonchev–Trinajstić information content (AvgIpc) is 2.19. The Morgan fingerprint density at radius 3 is 2.77 bits per heavy atom. The maximum atomic E-state index is 8.62. The summed E-state index contributed by atoms with van der Waals surface area (Å²) in [7, 11) is 0. The van der Waals surface area contributed by atoms with E-state index in [4.69, 9.17) is 11.0 Å². The zero-order chi connectivity index (χ0) is 9.52. The van der Waals surface area contributed by atoms with Gasteiger partial charge in [0.1, 0.15) is 0 Å². The molecule has 13 heavy (non-hydrogen) atoms. The van der Waals surface area contributed by atoms with Crippen molar-refractivity contribution in [1.82, 2.24) is 0 Å². The van der Waals surface area contributed by atoms with Crippen molar-refractivity contribution < 1.29 is 0 Å². The first-order valence-electron chi connectivity index (χ1n) is 4.06. The van der Waals surface area contributed by atoms with E-state index in [9.17, 15) is 0 Å². The molecular formula is C11H10N2. The van der Waals surface area contributed by atoms with Crippen LogP contribution in [-0.4, -0.2) is 6.54 Å². The van der Waals surface area contributed by atoms with E-state index in [1.807, 2.05) is 12.1 Å². The van der Waals surface area contributed by atoms with Gasteiger partial charge >= 0.3 is 0 Å². The average molecular weight is 170 g/mol. The molecule has 1 rings (SSSR count). The monoisotopic (exact) mass is 170 g/mol. The lowest BCUT2D eigenvalue weighted by molar-refractivity contribution is 1.03. The minimum atomic E-state index is 0.574. The lowest BCUT2D eigenvalue weighted by atomic mass is 10.1. The van der Waals surface area contributed by atoms with E-state index < -0.39 is 0 Å². The number of nitriles is 1. The van der Waals surface area contributed by atoms with Gasteiger partial charge in [0.15, 0.2) is 0 Å². The van der Waals surface area contributed by atoms with E-state index in [1.54, 1.807) is 12.1 Å². The van der Waals surface area contributed by atoms with Crippen LogP contribution in [0, 0.1) is 23.2 Å². The molecule has 0 saturated heterocycles. The Kier molecular flexibility index (Phi) is 3.57. The second kappa shape index (κ2) is 4.98. The number of nitrogens with zero attached hydrogens (tertiary/aromatic N) is 1. The molecule has 2 heteroatoms. The Hall–Kier alpha value is -1.77. The molecular weight excluding hydrogens is 160 g/mol. The standard InChI is InChI=1S/C11H10N2/c12-7-2-1-4-10-5-3-6-11(8-10)9-13/h3,5-6,8H,2,7,12H2. The summed E-state index contributed by atoms with van der Waals surface area (Å²) in [4.78, 5) is 0. The maximum Gasteiger partial charge on any atom is 0.0992 e. The summed E-state index contributed by atoms with van der Waals surface area (Å²) in [6, 6.07) is 9.29. The Bertz CT molecular complexity index is 377. The molecule has 0 saturated carbocycles. The van der Waals surface area contributed by atoms with Crippen molar-refractivity contribution in [3.05, 3.63) is 35.4 Å². The van der Waals surface area contributed by atoms with Gasteiger partial charge in [0.2, 0.25) is 0 Å². The molecule has 1 aromatic carbocycles. The lowest BCUT2D eigenvalue weighted by Crippen LogP contribution is -1.95. The van der Waals surface area contributed by atoms with Crippen LogP contribution in [0.2, 0.25) is 0 Å². The number of rotatable bonds is 1. The van der Waals surface area contributed by atoms with Crippen molar-refractivity contribution in [2.24, 2.45) is 5.73 Å². The molecule has 0 unspecified atom stereocenters. The van der Waals surface area contributed by atoms with E-state index in [1.165, 1.54) is 0 Å². The highest BCUT2D eigenvalue weighted by Gasteiger charge is 1.89. The minimum Gasteiger partial charge on any atom is -0.330 e. The summed E-state index contributed by atoms with van der Waals surface area (Å²) >= 11 is 0. The highest BCUT2D eigenvalue weighted by Crippen LogP contribution is 2.01. The molecule has 0 amide bonds. The van der Waals surface area contributed by atoms with Gasteiger partial charge in [-0.15, -0.1) is 0 Å². The fourth-order valence-corrected chi connectivity index (χ4v) is 0.903. The molecule has 0 fully saturated rings. The molecule has 0 atom stereocenters. The number of benzene rings is 1. The smallest absolute Gasteiger partial charge is 0.0992 e. The van der Waals surface area contributed by atoms with Crippen molar-refractivity contribution in [2.75, 3.05) is 6.54 Å². The Labute approximate surface area is 78.0 Å². The fourth-order valence-electron chi connectivity index (χ4n) is 0.903. The lowest BCUT2D eigenvalue weighted by Gasteiger charge is -1.89. The first kappa shape index (κ1) is 9.32. The van der Waals surface area contributed by atoms with Gasteiger partial charge in [0.05, 0.1) is 11.6 Å². The Morgan fingerprint density at radius 2 is 2.08 bits per heavy atom. The molecule has 0 radical (unpaired) electrons. The van der Waals surface area contributed by atoms with E-state index in [0.29, 0.717) is 18.5 Å². The van der Waals surface area contributed by atoms with E-state index in [-0.39, 0.29) is 0 Å². The number of nitrogens with two attached hydrogens (primary N) is 1. The molecule has 2 N–H and O–H groups in total. The summed E-state index contributed by atoms with van der Waals surface area (Å²) in [5.41, 5.74) is 6.80. The van der Waals surface area contributed by atoms with Crippen LogP contribution in [0.3, 0.4) is 0 Å². The quantitative estimate of drug-likeness (QED) is 0.645. The van der Waals surface area contributed by atoms with Crippen molar-refractivity contribution in [3.8, 4) is 17.9 Å². The molecule has 0 bridgehead atoms. The van der Waals surface area contributed by atoms with Crippen LogP contribution in [0.15, 0.2) is 24.3 Å². The molecule has 0 aromatic heterocycles. The van der Waals surface area contributed by atoms with Gasteiger partial charge in [-0.25, -0.2) is 0 Å². The molecule has 0 aliphatic rings. The summed E-state index contributed by atoms with van der Waals surface area (Å²) in [5.74, 6) is 5.86. The van der Waals surface area contributed by atoms with Crippen LogP contribution in [0.25, 0.3) is 0 Å². The third-order valence-corrected chi connectivity index (χ3v) is 1.49. The highest BCUT2D eigenvalue weighted by molar-refractivity contribution is 5.41. The Balaban J connectivity index is 2.81. The second-order valence-corrected chi connectivity index (χ2v) is 2.53. The predicted molar refractivity (Wildman–Crippen MR) is 51.7 cm³/mol. The summed E-state index contributed by atoms with van der Waals surface area (Å²) < 4.78 is 0. The molecule has 1 aromatic rings. The van der Waals surface area contributed by atoms with Gasteiger partial charge in [0, 0.05) is 18.5 Å². The van der Waals surface area contributed by atoms with E-state index in [0.717, 1.165) is 5.56 Å². The zero-order valence-electron chi connectivity index (χ0n) is 7.25. The predicted octanol–water partition coefficient (Wildman–Crippen LogP) is 1.26. The molecule has 2 nitrogen and oxygen atoms in total. The van der Waals surface area contributed by atoms with Crippen molar-refractivity contribution in [3.63, 3.8) is 0 Å². The summed E-state index contributed by atoms with van der Waals surface area (Å²) in [6.45, 7) is 0.574. The molecule has 0 aliphatic heterocycles. The van der Waals surface area contributed by atoms with Crippen LogP contribution >= 0.6 is 0 Å². The van der Waals surface area contributed by atoms with Gasteiger partial charge in [-0.3, -0.25) is 0 Å². The zero-order valence-corrected chi connectivity index (χ0v) is 7.25. The van der Waals surface area contributed by atoms with Crippen LogP contribution in [-0.2, 0) is 0 Å². The van der Waals surface area contributed by atoms with E-state index >= 15 is 0 Å². The molecule has 0 heterocycles. The van der Waals surface area contributed by atoms with Gasteiger partial charge < -0.3 is 5.73 Å². The normalized spacial score (nSPS) is 8.31. The van der Waals surface area contributed by atoms with E-state index in [2.05, 4.69) is 17.9 Å². The third kappa shape index (κ3) is 2.99. The van der Waals surface area contributed by atoms with Crippen LogP contribution in [0.1, 0.15) is 17.5 Å². The second-order valence-electron chi connectivity index (χ2n) is 2.53. The minimum absolute atomic E-state index is 0.574. The van der Waals surface area contributed by atoms with Gasteiger partial charge in [0.25, 0.3) is 0 Å². The van der Waals surface area contributed by atoms with Crippen LogP contribution in [0.5, 0.6) is 0 Å². The number of hydrogen-bond donors (Lipinski definition) is 1. The van der Waals surface area contributed by atoms with Crippen LogP contribution in [0.4, 0.5) is 0 Å². The molecule has 0 aliphatic carbocycles. The summed E-state index contributed by atoms with van der Waals surface area (Å²) in [6.07, 6.45) is 0.691. The van der Waals surface area contributed by atoms with Crippen molar-refractivity contribution in [1.29, 1.82) is 5.26 Å².